The Morgan fingerprint density at radius 3 is 2.65 bits per heavy atom. The molecule has 2 atom stereocenters. The van der Waals surface area contributed by atoms with Gasteiger partial charge < -0.3 is 0 Å². The fourth-order valence-electron chi connectivity index (χ4n) is 3.47. The highest BCUT2D eigenvalue weighted by atomic mass is 19.1. The van der Waals surface area contributed by atoms with E-state index in [0.29, 0.717) is 11.5 Å². The van der Waals surface area contributed by atoms with Crippen molar-refractivity contribution in [1.82, 2.24) is 4.90 Å². The summed E-state index contributed by atoms with van der Waals surface area (Å²) in [6, 6.07) is 4.47. The number of benzene rings is 1. The van der Waals surface area contributed by atoms with E-state index in [9.17, 15) is 9.18 Å². The van der Waals surface area contributed by atoms with Gasteiger partial charge in [0.25, 0.3) is 0 Å². The average Bonchev–Trinajstić information content (AvgIpc) is 2.37. The minimum absolute atomic E-state index is 0.145. The number of hydrogen-bond donors (Lipinski definition) is 0. The number of Topliss-reactive ketones (excluding diaryl/α,β-unsaturated/α-hetero) is 1. The molecule has 0 N–H and O–H groups in total. The number of carbonyl (C=O) groups excluding carboxylic acids is 1. The maximum Gasteiger partial charge on any atom is 0.183 e. The molecule has 3 heteroatoms. The molecule has 1 fully saturated rings. The Hall–Kier alpha value is -1.22. The van der Waals surface area contributed by atoms with E-state index in [1.54, 1.807) is 6.07 Å². The molecule has 2 nitrogen and oxygen atoms in total. The molecule has 0 radical (unpaired) electrons. The van der Waals surface area contributed by atoms with Crippen molar-refractivity contribution in [3.63, 3.8) is 0 Å². The molecule has 1 aliphatic rings. The molecule has 0 amide bonds. The van der Waals surface area contributed by atoms with E-state index in [4.69, 9.17) is 0 Å². The predicted octanol–water partition coefficient (Wildman–Crippen LogP) is 3.83. The first-order chi connectivity index (χ1) is 9.36. The third kappa shape index (κ3) is 2.64. The van der Waals surface area contributed by atoms with Crippen LogP contribution >= 0.6 is 0 Å². The van der Waals surface area contributed by atoms with Crippen LogP contribution in [0.25, 0.3) is 0 Å². The minimum atomic E-state index is -0.430. The second-order valence-electron chi connectivity index (χ2n) is 6.42. The first kappa shape index (κ1) is 15.2. The lowest BCUT2D eigenvalue weighted by Crippen LogP contribution is -2.54. The largest absolute Gasteiger partial charge is 0.297 e. The number of rotatable bonds is 3. The van der Waals surface area contributed by atoms with Crippen LogP contribution in [0.3, 0.4) is 0 Å². The van der Waals surface area contributed by atoms with Gasteiger partial charge in [0.2, 0.25) is 0 Å². The molecule has 2 unspecified atom stereocenters. The van der Waals surface area contributed by atoms with E-state index in [2.05, 4.69) is 11.8 Å². The fourth-order valence-corrected chi connectivity index (χ4v) is 3.47. The first-order valence-corrected chi connectivity index (χ1v) is 7.35. The second kappa shape index (κ2) is 5.65. The summed E-state index contributed by atoms with van der Waals surface area (Å²) < 4.78 is 13.2. The van der Waals surface area contributed by atoms with Gasteiger partial charge in [-0.15, -0.1) is 0 Å². The smallest absolute Gasteiger partial charge is 0.183 e. The highest BCUT2D eigenvalue weighted by Crippen LogP contribution is 2.38. The second-order valence-corrected chi connectivity index (χ2v) is 6.42. The summed E-state index contributed by atoms with van der Waals surface area (Å²) in [6.45, 7) is 4.02. The van der Waals surface area contributed by atoms with Crippen LogP contribution in [0.15, 0.2) is 18.2 Å². The molecule has 2 rings (SSSR count). The summed E-state index contributed by atoms with van der Waals surface area (Å²) in [5.74, 6) is 0.414. The summed E-state index contributed by atoms with van der Waals surface area (Å²) in [6.07, 6.45) is 4.03. The summed E-state index contributed by atoms with van der Waals surface area (Å²) in [7, 11) is 3.96. The van der Waals surface area contributed by atoms with Crippen LogP contribution in [-0.4, -0.2) is 30.3 Å². The number of carbonyl (C=O) groups is 1. The van der Waals surface area contributed by atoms with Crippen LogP contribution < -0.4 is 0 Å². The SMILES string of the molecule is Cc1cc(F)ccc1C(=O)C1(N(C)C)CCCC(C)C1. The molecule has 0 aromatic heterocycles. The van der Waals surface area contributed by atoms with Crippen molar-refractivity contribution >= 4 is 5.78 Å². The van der Waals surface area contributed by atoms with Gasteiger partial charge in [0, 0.05) is 5.56 Å². The molecule has 20 heavy (non-hydrogen) atoms. The third-order valence-electron chi connectivity index (χ3n) is 4.69. The van der Waals surface area contributed by atoms with Gasteiger partial charge in [0.05, 0.1) is 5.54 Å². The van der Waals surface area contributed by atoms with E-state index in [0.717, 1.165) is 24.8 Å². The minimum Gasteiger partial charge on any atom is -0.297 e. The fraction of sp³-hybridized carbons (Fsp3) is 0.588. The quantitative estimate of drug-likeness (QED) is 0.783. The van der Waals surface area contributed by atoms with E-state index in [1.165, 1.54) is 18.6 Å². The lowest BCUT2D eigenvalue weighted by molar-refractivity contribution is 0.0485. The van der Waals surface area contributed by atoms with Gasteiger partial charge in [-0.2, -0.15) is 0 Å². The Morgan fingerprint density at radius 1 is 1.40 bits per heavy atom. The van der Waals surface area contributed by atoms with Crippen molar-refractivity contribution in [2.24, 2.45) is 5.92 Å². The van der Waals surface area contributed by atoms with Crippen molar-refractivity contribution in [3.05, 3.63) is 35.1 Å². The Kier molecular flexibility index (Phi) is 4.28. The highest BCUT2D eigenvalue weighted by molar-refractivity contribution is 6.04. The molecule has 1 aromatic carbocycles. The van der Waals surface area contributed by atoms with E-state index < -0.39 is 5.54 Å². The van der Waals surface area contributed by atoms with Crippen molar-refractivity contribution in [2.45, 2.75) is 45.1 Å². The molecule has 0 heterocycles. The summed E-state index contributed by atoms with van der Waals surface area (Å²) in [4.78, 5) is 15.1. The van der Waals surface area contributed by atoms with Crippen molar-refractivity contribution in [3.8, 4) is 0 Å². The Bertz CT molecular complexity index is 512. The molecule has 0 bridgehead atoms. The van der Waals surface area contributed by atoms with E-state index in [-0.39, 0.29) is 11.6 Å². The molecular formula is C17H24FNO. The topological polar surface area (TPSA) is 20.3 Å². The molecule has 1 aromatic rings. The molecule has 0 saturated heterocycles. The van der Waals surface area contributed by atoms with Crippen LogP contribution in [0.4, 0.5) is 4.39 Å². The van der Waals surface area contributed by atoms with E-state index in [1.807, 2.05) is 21.0 Å². The van der Waals surface area contributed by atoms with Gasteiger partial charge in [0.15, 0.2) is 5.78 Å². The van der Waals surface area contributed by atoms with Gasteiger partial charge in [0.1, 0.15) is 5.82 Å². The molecule has 1 saturated carbocycles. The number of nitrogens with zero attached hydrogens (tertiary/aromatic N) is 1. The van der Waals surface area contributed by atoms with Gasteiger partial charge >= 0.3 is 0 Å². The summed E-state index contributed by atoms with van der Waals surface area (Å²) in [5, 5.41) is 0. The molecular weight excluding hydrogens is 253 g/mol. The van der Waals surface area contributed by atoms with Gasteiger partial charge in [-0.25, -0.2) is 4.39 Å². The summed E-state index contributed by atoms with van der Waals surface area (Å²) in [5.41, 5.74) is 0.962. The molecule has 110 valence electrons. The van der Waals surface area contributed by atoms with Crippen molar-refractivity contribution < 1.29 is 9.18 Å². The Labute approximate surface area is 121 Å². The standard InChI is InChI=1S/C17H24FNO/c1-12-6-5-9-17(11-12,19(3)4)16(20)15-8-7-14(18)10-13(15)2/h7-8,10,12H,5-6,9,11H2,1-4H3. The van der Waals surface area contributed by atoms with Crippen LogP contribution in [0, 0.1) is 18.7 Å². The maximum atomic E-state index is 13.2. The maximum absolute atomic E-state index is 13.2. The zero-order valence-corrected chi connectivity index (χ0v) is 12.9. The van der Waals surface area contributed by atoms with Gasteiger partial charge in [-0.1, -0.05) is 19.8 Å². The number of hydrogen-bond acceptors (Lipinski definition) is 2. The molecule has 0 spiro atoms. The van der Waals surface area contributed by atoms with Gasteiger partial charge in [-0.3, -0.25) is 9.69 Å². The average molecular weight is 277 g/mol. The lowest BCUT2D eigenvalue weighted by Gasteiger charge is -2.44. The highest BCUT2D eigenvalue weighted by Gasteiger charge is 2.44. The monoisotopic (exact) mass is 277 g/mol. The van der Waals surface area contributed by atoms with E-state index >= 15 is 0 Å². The van der Waals surface area contributed by atoms with Crippen LogP contribution in [-0.2, 0) is 0 Å². The Morgan fingerprint density at radius 2 is 2.10 bits per heavy atom. The number of likely N-dealkylation sites (N-methyl/N-ethyl adjacent to an activating group) is 1. The molecule has 0 aliphatic heterocycles. The van der Waals surface area contributed by atoms with Gasteiger partial charge in [-0.05, 0) is 63.5 Å². The van der Waals surface area contributed by atoms with Crippen LogP contribution in [0.2, 0.25) is 0 Å². The number of aryl methyl sites for hydroxylation is 1. The van der Waals surface area contributed by atoms with Crippen LogP contribution in [0.5, 0.6) is 0 Å². The number of ketones is 1. The van der Waals surface area contributed by atoms with Crippen molar-refractivity contribution in [2.75, 3.05) is 14.1 Å². The first-order valence-electron chi connectivity index (χ1n) is 7.35. The van der Waals surface area contributed by atoms with Crippen LogP contribution in [0.1, 0.15) is 48.5 Å². The summed E-state index contributed by atoms with van der Waals surface area (Å²) >= 11 is 0. The zero-order valence-electron chi connectivity index (χ0n) is 12.9. The zero-order chi connectivity index (χ0) is 14.9. The number of halogens is 1. The normalized spacial score (nSPS) is 26.8. The Balaban J connectivity index is 2.41. The third-order valence-corrected chi connectivity index (χ3v) is 4.69. The lowest BCUT2D eigenvalue weighted by atomic mass is 9.71. The van der Waals surface area contributed by atoms with Crippen molar-refractivity contribution in [1.29, 1.82) is 0 Å². The molecule has 1 aliphatic carbocycles. The predicted molar refractivity (Wildman–Crippen MR) is 79.5 cm³/mol.